The van der Waals surface area contributed by atoms with Gasteiger partial charge in [0.2, 0.25) is 5.95 Å². The Morgan fingerprint density at radius 1 is 1.04 bits per heavy atom. The number of nitrogens with zero attached hydrogens (tertiary/aromatic N) is 2. The molecule has 0 bridgehead atoms. The second-order valence-electron chi connectivity index (χ2n) is 5.39. The first-order chi connectivity index (χ1) is 12.2. The van der Waals surface area contributed by atoms with Crippen molar-refractivity contribution < 1.29 is 4.79 Å². The SMILES string of the molecule is CCc1ccccc1Nc1ncc(C(=O)Nc2ccc(Cl)cc2)cn1. The highest BCUT2D eigenvalue weighted by atomic mass is 35.5. The predicted octanol–water partition coefficient (Wildman–Crippen LogP) is 4.69. The lowest BCUT2D eigenvalue weighted by molar-refractivity contribution is 0.102. The summed E-state index contributed by atoms with van der Waals surface area (Å²) >= 11 is 5.83. The number of hydrogen-bond donors (Lipinski definition) is 2. The third kappa shape index (κ3) is 4.33. The molecule has 0 aliphatic rings. The Morgan fingerprint density at radius 2 is 1.72 bits per heavy atom. The number of nitrogens with one attached hydrogen (secondary N) is 2. The quantitative estimate of drug-likeness (QED) is 0.699. The molecule has 126 valence electrons. The normalized spacial score (nSPS) is 10.3. The molecule has 0 saturated carbocycles. The summed E-state index contributed by atoms with van der Waals surface area (Å²) in [7, 11) is 0. The minimum Gasteiger partial charge on any atom is -0.324 e. The molecule has 0 saturated heterocycles. The Labute approximate surface area is 151 Å². The van der Waals surface area contributed by atoms with E-state index in [4.69, 9.17) is 11.6 Å². The molecule has 2 N–H and O–H groups in total. The average molecular weight is 353 g/mol. The highest BCUT2D eigenvalue weighted by Gasteiger charge is 2.08. The van der Waals surface area contributed by atoms with Crippen molar-refractivity contribution in [1.29, 1.82) is 0 Å². The molecule has 1 heterocycles. The molecule has 1 aromatic heterocycles. The van der Waals surface area contributed by atoms with Crippen LogP contribution in [-0.2, 0) is 6.42 Å². The molecule has 5 nitrogen and oxygen atoms in total. The molecule has 0 unspecified atom stereocenters. The summed E-state index contributed by atoms with van der Waals surface area (Å²) < 4.78 is 0. The van der Waals surface area contributed by atoms with E-state index in [9.17, 15) is 4.79 Å². The minimum absolute atomic E-state index is 0.275. The molecule has 1 amide bonds. The number of benzene rings is 2. The number of carbonyl (C=O) groups excluding carboxylic acids is 1. The zero-order valence-electron chi connectivity index (χ0n) is 13.7. The van der Waals surface area contributed by atoms with Crippen LogP contribution in [0.5, 0.6) is 0 Å². The Hall–Kier alpha value is -2.92. The van der Waals surface area contributed by atoms with Gasteiger partial charge in [0, 0.05) is 28.8 Å². The number of aryl methyl sites for hydroxylation is 1. The first kappa shape index (κ1) is 16.9. The van der Waals surface area contributed by atoms with Crippen LogP contribution in [0, 0.1) is 0 Å². The summed E-state index contributed by atoms with van der Waals surface area (Å²) in [4.78, 5) is 20.7. The summed E-state index contributed by atoms with van der Waals surface area (Å²) in [6.07, 6.45) is 3.90. The van der Waals surface area contributed by atoms with Crippen LogP contribution < -0.4 is 10.6 Å². The number of hydrogen-bond acceptors (Lipinski definition) is 4. The summed E-state index contributed by atoms with van der Waals surface area (Å²) in [6, 6.07) is 14.9. The topological polar surface area (TPSA) is 66.9 Å². The number of anilines is 3. The number of rotatable bonds is 5. The second-order valence-corrected chi connectivity index (χ2v) is 5.83. The lowest BCUT2D eigenvalue weighted by atomic mass is 10.1. The van der Waals surface area contributed by atoms with Gasteiger partial charge in [-0.05, 0) is 42.3 Å². The minimum atomic E-state index is -0.275. The van der Waals surface area contributed by atoms with E-state index < -0.39 is 0 Å². The van der Waals surface area contributed by atoms with Crippen LogP contribution in [-0.4, -0.2) is 15.9 Å². The van der Waals surface area contributed by atoms with Crippen LogP contribution in [0.1, 0.15) is 22.8 Å². The van der Waals surface area contributed by atoms with Crippen LogP contribution in [0.2, 0.25) is 5.02 Å². The lowest BCUT2D eigenvalue weighted by Crippen LogP contribution is -2.13. The van der Waals surface area contributed by atoms with Crippen molar-refractivity contribution in [2.45, 2.75) is 13.3 Å². The van der Waals surface area contributed by atoms with E-state index in [1.807, 2.05) is 18.2 Å². The van der Waals surface area contributed by atoms with Crippen molar-refractivity contribution in [3.63, 3.8) is 0 Å². The predicted molar refractivity (Wildman–Crippen MR) is 101 cm³/mol. The van der Waals surface area contributed by atoms with Crippen LogP contribution in [0.25, 0.3) is 0 Å². The number of para-hydroxylation sites is 1. The number of halogens is 1. The standard InChI is InChI=1S/C19H17ClN4O/c1-2-13-5-3-4-6-17(13)24-19-21-11-14(12-22-19)18(25)23-16-9-7-15(20)8-10-16/h3-12H,2H2,1H3,(H,23,25)(H,21,22,24). The summed E-state index contributed by atoms with van der Waals surface area (Å²) in [5.41, 5.74) is 3.18. The Bertz CT molecular complexity index is 863. The lowest BCUT2D eigenvalue weighted by Gasteiger charge is -2.09. The molecule has 25 heavy (non-hydrogen) atoms. The van der Waals surface area contributed by atoms with Crippen LogP contribution in [0.3, 0.4) is 0 Å². The highest BCUT2D eigenvalue weighted by Crippen LogP contribution is 2.19. The molecular formula is C19H17ClN4O. The largest absolute Gasteiger partial charge is 0.324 e. The zero-order chi connectivity index (χ0) is 17.6. The molecule has 6 heteroatoms. The van der Waals surface area contributed by atoms with Crippen molar-refractivity contribution in [2.24, 2.45) is 0 Å². The fraction of sp³-hybridized carbons (Fsp3) is 0.105. The van der Waals surface area contributed by atoms with Gasteiger partial charge in [-0.3, -0.25) is 4.79 Å². The summed E-state index contributed by atoms with van der Waals surface area (Å²) in [6.45, 7) is 2.09. The highest BCUT2D eigenvalue weighted by molar-refractivity contribution is 6.30. The van der Waals surface area contributed by atoms with Gasteiger partial charge < -0.3 is 10.6 Å². The number of carbonyl (C=O) groups is 1. The molecular weight excluding hydrogens is 336 g/mol. The second kappa shape index (κ2) is 7.77. The van der Waals surface area contributed by atoms with E-state index in [2.05, 4.69) is 33.6 Å². The van der Waals surface area contributed by atoms with Gasteiger partial charge in [0.25, 0.3) is 5.91 Å². The van der Waals surface area contributed by atoms with E-state index >= 15 is 0 Å². The Kier molecular flexibility index (Phi) is 5.26. The smallest absolute Gasteiger partial charge is 0.258 e. The van der Waals surface area contributed by atoms with Gasteiger partial charge in [-0.25, -0.2) is 9.97 Å². The van der Waals surface area contributed by atoms with Gasteiger partial charge in [0.15, 0.2) is 0 Å². The maximum Gasteiger partial charge on any atom is 0.258 e. The van der Waals surface area contributed by atoms with Crippen molar-refractivity contribution in [3.05, 3.63) is 77.1 Å². The van der Waals surface area contributed by atoms with Crippen LogP contribution in [0.4, 0.5) is 17.3 Å². The fourth-order valence-electron chi connectivity index (χ4n) is 2.32. The maximum absolute atomic E-state index is 12.2. The van der Waals surface area contributed by atoms with E-state index in [1.54, 1.807) is 24.3 Å². The summed E-state index contributed by atoms with van der Waals surface area (Å²) in [5, 5.41) is 6.57. The average Bonchev–Trinajstić information content (AvgIpc) is 2.64. The molecule has 3 rings (SSSR count). The summed E-state index contributed by atoms with van der Waals surface area (Å²) in [5.74, 6) is 0.173. The molecule has 0 fully saturated rings. The van der Waals surface area contributed by atoms with Crippen LogP contribution in [0.15, 0.2) is 60.9 Å². The Balaban J connectivity index is 1.69. The fourth-order valence-corrected chi connectivity index (χ4v) is 2.44. The van der Waals surface area contributed by atoms with Crippen molar-refractivity contribution in [1.82, 2.24) is 9.97 Å². The van der Waals surface area contributed by atoms with Gasteiger partial charge in [-0.2, -0.15) is 0 Å². The van der Waals surface area contributed by atoms with Gasteiger partial charge in [0.05, 0.1) is 5.56 Å². The maximum atomic E-state index is 12.2. The van der Waals surface area contributed by atoms with E-state index in [1.165, 1.54) is 18.0 Å². The molecule has 0 aliphatic heterocycles. The third-order valence-corrected chi connectivity index (χ3v) is 3.91. The molecule has 0 spiro atoms. The Morgan fingerprint density at radius 3 is 2.40 bits per heavy atom. The number of aromatic nitrogens is 2. The zero-order valence-corrected chi connectivity index (χ0v) is 14.4. The van der Waals surface area contributed by atoms with Crippen molar-refractivity contribution in [2.75, 3.05) is 10.6 Å². The number of amides is 1. The van der Waals surface area contributed by atoms with Crippen molar-refractivity contribution in [3.8, 4) is 0 Å². The molecule has 0 radical (unpaired) electrons. The first-order valence-electron chi connectivity index (χ1n) is 7.89. The van der Waals surface area contributed by atoms with Gasteiger partial charge in [-0.1, -0.05) is 36.7 Å². The van der Waals surface area contributed by atoms with Gasteiger partial charge >= 0.3 is 0 Å². The monoisotopic (exact) mass is 352 g/mol. The van der Waals surface area contributed by atoms with Crippen molar-refractivity contribution >= 4 is 34.8 Å². The molecule has 2 aromatic carbocycles. The molecule has 3 aromatic rings. The third-order valence-electron chi connectivity index (χ3n) is 3.66. The van der Waals surface area contributed by atoms with Crippen LogP contribution >= 0.6 is 11.6 Å². The van der Waals surface area contributed by atoms with Gasteiger partial charge in [0.1, 0.15) is 0 Å². The van der Waals surface area contributed by atoms with E-state index in [0.717, 1.165) is 12.1 Å². The first-order valence-corrected chi connectivity index (χ1v) is 8.27. The molecule has 0 atom stereocenters. The molecule has 0 aliphatic carbocycles. The van der Waals surface area contributed by atoms with E-state index in [-0.39, 0.29) is 5.91 Å². The van der Waals surface area contributed by atoms with Gasteiger partial charge in [-0.15, -0.1) is 0 Å². The van der Waals surface area contributed by atoms with E-state index in [0.29, 0.717) is 22.2 Å².